The molecule has 0 aromatic heterocycles. The molecule has 1 heteroatoms. The van der Waals surface area contributed by atoms with Gasteiger partial charge < -0.3 is 0 Å². The Kier molecular flexibility index (Phi) is 8.88. The maximum atomic E-state index is 4.63. The third kappa shape index (κ3) is 6.27. The summed E-state index contributed by atoms with van der Waals surface area (Å²) in [4.78, 5) is 4.63. The minimum Gasteiger partial charge on any atom is -0.292 e. The third-order valence-corrected chi connectivity index (χ3v) is 5.69. The van der Waals surface area contributed by atoms with Gasteiger partial charge in [-0.2, -0.15) is 0 Å². The highest BCUT2D eigenvalue weighted by Gasteiger charge is 2.14. The van der Waals surface area contributed by atoms with E-state index in [0.717, 1.165) is 12.3 Å². The van der Waals surface area contributed by atoms with Gasteiger partial charge in [-0.3, -0.25) is 4.99 Å². The SMILES string of the molecule is C/C=C(C)\C=C(/C(CCCC)=NC)c1ccc(CC2CCCCC2)cc1. The minimum atomic E-state index is 0.896. The molecular formula is C25H37N. The molecule has 26 heavy (non-hydrogen) atoms. The summed E-state index contributed by atoms with van der Waals surface area (Å²) in [5, 5.41) is 0. The van der Waals surface area contributed by atoms with E-state index < -0.39 is 0 Å². The Hall–Kier alpha value is -1.63. The van der Waals surface area contributed by atoms with Gasteiger partial charge in [0, 0.05) is 18.3 Å². The summed E-state index contributed by atoms with van der Waals surface area (Å²) >= 11 is 0. The Bertz CT molecular complexity index is 625. The van der Waals surface area contributed by atoms with Crippen molar-refractivity contribution in [3.8, 4) is 0 Å². The van der Waals surface area contributed by atoms with Crippen LogP contribution in [0.15, 0.2) is 47.0 Å². The Labute approximate surface area is 161 Å². The smallest absolute Gasteiger partial charge is 0.0423 e. The average molecular weight is 352 g/mol. The molecule has 0 bridgehead atoms. The molecular weight excluding hydrogens is 314 g/mol. The summed E-state index contributed by atoms with van der Waals surface area (Å²) < 4.78 is 0. The lowest BCUT2D eigenvalue weighted by Crippen LogP contribution is -2.09. The maximum absolute atomic E-state index is 4.63. The van der Waals surface area contributed by atoms with Crippen molar-refractivity contribution in [1.29, 1.82) is 0 Å². The fourth-order valence-corrected chi connectivity index (χ4v) is 3.90. The second-order valence-electron chi connectivity index (χ2n) is 7.77. The first kappa shape index (κ1) is 20.7. The monoisotopic (exact) mass is 351 g/mol. The number of aliphatic imine (C=N–C) groups is 1. The van der Waals surface area contributed by atoms with E-state index in [1.807, 2.05) is 7.05 Å². The van der Waals surface area contributed by atoms with Crippen LogP contribution in [0.4, 0.5) is 0 Å². The number of nitrogens with zero attached hydrogens (tertiary/aromatic N) is 1. The van der Waals surface area contributed by atoms with Gasteiger partial charge in [0.1, 0.15) is 0 Å². The summed E-state index contributed by atoms with van der Waals surface area (Å²) in [6.07, 6.45) is 16.3. The third-order valence-electron chi connectivity index (χ3n) is 5.69. The van der Waals surface area contributed by atoms with Gasteiger partial charge in [-0.05, 0) is 56.2 Å². The van der Waals surface area contributed by atoms with E-state index in [9.17, 15) is 0 Å². The van der Waals surface area contributed by atoms with E-state index in [1.54, 1.807) is 0 Å². The molecule has 0 radical (unpaired) electrons. The van der Waals surface area contributed by atoms with E-state index >= 15 is 0 Å². The van der Waals surface area contributed by atoms with Crippen LogP contribution in [0.1, 0.15) is 83.3 Å². The van der Waals surface area contributed by atoms with Crippen LogP contribution in [0.2, 0.25) is 0 Å². The lowest BCUT2D eigenvalue weighted by Gasteiger charge is -2.21. The zero-order valence-electron chi connectivity index (χ0n) is 17.4. The first-order valence-electron chi connectivity index (χ1n) is 10.6. The van der Waals surface area contributed by atoms with E-state index in [2.05, 4.69) is 62.2 Å². The highest BCUT2D eigenvalue weighted by Crippen LogP contribution is 2.28. The van der Waals surface area contributed by atoms with Crippen LogP contribution >= 0.6 is 0 Å². The molecule has 1 saturated carbocycles. The second kappa shape index (κ2) is 11.2. The zero-order valence-corrected chi connectivity index (χ0v) is 17.4. The quantitative estimate of drug-likeness (QED) is 0.341. The van der Waals surface area contributed by atoms with Crippen molar-refractivity contribution in [2.45, 2.75) is 78.6 Å². The minimum absolute atomic E-state index is 0.896. The van der Waals surface area contributed by atoms with E-state index in [4.69, 9.17) is 0 Å². The standard InChI is InChI=1S/C25H37N/c1-5-7-13-25(26-4)24(18-20(3)6-2)23-16-14-22(15-17-23)19-21-11-9-8-10-12-21/h6,14-18,21H,5,7-13,19H2,1-4H3/b20-6-,24-18-,26-25?. The predicted molar refractivity (Wildman–Crippen MR) is 117 cm³/mol. The van der Waals surface area contributed by atoms with Crippen molar-refractivity contribution >= 4 is 11.3 Å². The lowest BCUT2D eigenvalue weighted by atomic mass is 9.84. The van der Waals surface area contributed by atoms with Crippen molar-refractivity contribution in [2.24, 2.45) is 10.9 Å². The molecule has 0 N–H and O–H groups in total. The van der Waals surface area contributed by atoms with Gasteiger partial charge in [0.2, 0.25) is 0 Å². The van der Waals surface area contributed by atoms with Crippen LogP contribution in [0.25, 0.3) is 5.57 Å². The Morgan fingerprint density at radius 3 is 2.38 bits per heavy atom. The Morgan fingerprint density at radius 1 is 1.12 bits per heavy atom. The fraction of sp³-hybridized carbons (Fsp3) is 0.560. The lowest BCUT2D eigenvalue weighted by molar-refractivity contribution is 0.356. The molecule has 2 rings (SSSR count). The van der Waals surface area contributed by atoms with E-state index in [1.165, 1.54) is 79.4 Å². The molecule has 1 nitrogen and oxygen atoms in total. The van der Waals surface area contributed by atoms with Gasteiger partial charge in [0.25, 0.3) is 0 Å². The largest absolute Gasteiger partial charge is 0.292 e. The van der Waals surface area contributed by atoms with Gasteiger partial charge in [-0.15, -0.1) is 0 Å². The molecule has 142 valence electrons. The van der Waals surface area contributed by atoms with Crippen LogP contribution in [0, 0.1) is 5.92 Å². The molecule has 1 aromatic carbocycles. The van der Waals surface area contributed by atoms with Gasteiger partial charge in [0.15, 0.2) is 0 Å². The highest BCUT2D eigenvalue weighted by molar-refractivity contribution is 6.24. The van der Waals surface area contributed by atoms with Gasteiger partial charge in [-0.25, -0.2) is 0 Å². The normalized spacial score (nSPS) is 17.6. The molecule has 0 heterocycles. The molecule has 0 amide bonds. The fourth-order valence-electron chi connectivity index (χ4n) is 3.90. The molecule has 0 atom stereocenters. The van der Waals surface area contributed by atoms with Gasteiger partial charge in [0.05, 0.1) is 0 Å². The second-order valence-corrected chi connectivity index (χ2v) is 7.77. The van der Waals surface area contributed by atoms with Crippen molar-refractivity contribution < 1.29 is 0 Å². The summed E-state index contributed by atoms with van der Waals surface area (Å²) in [5.41, 5.74) is 6.61. The summed E-state index contributed by atoms with van der Waals surface area (Å²) in [6, 6.07) is 9.31. The van der Waals surface area contributed by atoms with Crippen LogP contribution < -0.4 is 0 Å². The van der Waals surface area contributed by atoms with Crippen molar-refractivity contribution in [3.05, 3.63) is 53.1 Å². The van der Waals surface area contributed by atoms with Crippen LogP contribution in [0.3, 0.4) is 0 Å². The number of benzene rings is 1. The molecule has 0 saturated heterocycles. The van der Waals surface area contributed by atoms with Crippen LogP contribution in [-0.4, -0.2) is 12.8 Å². The molecule has 1 aliphatic carbocycles. The molecule has 0 spiro atoms. The molecule has 0 unspecified atom stereocenters. The maximum Gasteiger partial charge on any atom is 0.0423 e. The highest BCUT2D eigenvalue weighted by atomic mass is 14.7. The van der Waals surface area contributed by atoms with E-state index in [-0.39, 0.29) is 0 Å². The number of rotatable bonds is 8. The zero-order chi connectivity index (χ0) is 18.8. The molecule has 1 fully saturated rings. The number of unbranched alkanes of at least 4 members (excludes halogenated alkanes) is 1. The summed E-state index contributed by atoms with van der Waals surface area (Å²) in [6.45, 7) is 6.52. The Balaban J connectivity index is 2.20. The number of allylic oxidation sites excluding steroid dienone is 4. The summed E-state index contributed by atoms with van der Waals surface area (Å²) in [5.74, 6) is 0.896. The van der Waals surface area contributed by atoms with Crippen molar-refractivity contribution in [1.82, 2.24) is 0 Å². The Morgan fingerprint density at radius 2 is 1.81 bits per heavy atom. The first-order chi connectivity index (χ1) is 12.7. The van der Waals surface area contributed by atoms with Gasteiger partial charge in [-0.1, -0.05) is 81.4 Å². The van der Waals surface area contributed by atoms with Crippen LogP contribution in [0.5, 0.6) is 0 Å². The summed E-state index contributed by atoms with van der Waals surface area (Å²) in [7, 11) is 1.93. The van der Waals surface area contributed by atoms with E-state index in [0.29, 0.717) is 0 Å². The molecule has 1 aliphatic rings. The molecule has 1 aromatic rings. The van der Waals surface area contributed by atoms with Crippen molar-refractivity contribution in [2.75, 3.05) is 7.05 Å². The van der Waals surface area contributed by atoms with Crippen molar-refractivity contribution in [3.63, 3.8) is 0 Å². The first-order valence-corrected chi connectivity index (χ1v) is 10.6. The predicted octanol–water partition coefficient (Wildman–Crippen LogP) is 7.42. The average Bonchev–Trinajstić information content (AvgIpc) is 2.69. The van der Waals surface area contributed by atoms with Gasteiger partial charge >= 0.3 is 0 Å². The van der Waals surface area contributed by atoms with Crippen LogP contribution in [-0.2, 0) is 6.42 Å². The number of hydrogen-bond acceptors (Lipinski definition) is 1. The number of hydrogen-bond donors (Lipinski definition) is 0. The topological polar surface area (TPSA) is 12.4 Å². The molecule has 0 aliphatic heterocycles.